The Morgan fingerprint density at radius 1 is 1.06 bits per heavy atom. The van der Waals surface area contributed by atoms with Crippen molar-refractivity contribution >= 4 is 11.8 Å². The predicted octanol–water partition coefficient (Wildman–Crippen LogP) is 2.87. The Morgan fingerprint density at radius 2 is 1.81 bits per heavy atom. The lowest BCUT2D eigenvalue weighted by Crippen LogP contribution is -2.10. The first-order valence-corrected chi connectivity index (χ1v) is 6.11. The molecular weight excluding hydrogens is 216 g/mol. The average molecular weight is 230 g/mol. The highest BCUT2D eigenvalue weighted by molar-refractivity contribution is 7.99. The summed E-state index contributed by atoms with van der Waals surface area (Å²) < 4.78 is 0. The molecule has 2 nitrogen and oxygen atoms in total. The monoisotopic (exact) mass is 230 g/mol. The molecule has 1 atom stereocenters. The zero-order valence-corrected chi connectivity index (χ0v) is 9.73. The molecule has 0 radical (unpaired) electrons. The Morgan fingerprint density at radius 3 is 2.44 bits per heavy atom. The molecule has 0 saturated heterocycles. The summed E-state index contributed by atoms with van der Waals surface area (Å²) in [6.07, 6.45) is 1.81. The SMILES string of the molecule is NCC(Sc1ccccc1)c1ccccn1. The highest BCUT2D eigenvalue weighted by atomic mass is 32.2. The summed E-state index contributed by atoms with van der Waals surface area (Å²) in [5.74, 6) is 0. The minimum absolute atomic E-state index is 0.226. The Balaban J connectivity index is 2.13. The van der Waals surface area contributed by atoms with Crippen molar-refractivity contribution in [3.05, 3.63) is 60.4 Å². The van der Waals surface area contributed by atoms with Gasteiger partial charge in [0.2, 0.25) is 0 Å². The fourth-order valence-corrected chi connectivity index (χ4v) is 2.46. The molecule has 0 spiro atoms. The second kappa shape index (κ2) is 5.68. The number of aromatic nitrogens is 1. The molecule has 0 aliphatic carbocycles. The first-order valence-electron chi connectivity index (χ1n) is 5.23. The number of nitrogens with two attached hydrogens (primary N) is 1. The van der Waals surface area contributed by atoms with Crippen LogP contribution < -0.4 is 5.73 Å². The van der Waals surface area contributed by atoms with Crippen molar-refractivity contribution in [2.24, 2.45) is 5.73 Å². The summed E-state index contributed by atoms with van der Waals surface area (Å²) in [5.41, 5.74) is 6.83. The predicted molar refractivity (Wildman–Crippen MR) is 68.3 cm³/mol. The second-order valence-electron chi connectivity index (χ2n) is 3.41. The van der Waals surface area contributed by atoms with E-state index in [1.54, 1.807) is 11.8 Å². The number of hydrogen-bond donors (Lipinski definition) is 1. The van der Waals surface area contributed by atoms with Crippen LogP contribution in [0.5, 0.6) is 0 Å². The van der Waals surface area contributed by atoms with Crippen LogP contribution in [0.2, 0.25) is 0 Å². The van der Waals surface area contributed by atoms with Crippen LogP contribution in [0.3, 0.4) is 0 Å². The van der Waals surface area contributed by atoms with Gasteiger partial charge in [-0.25, -0.2) is 0 Å². The molecule has 1 aromatic carbocycles. The van der Waals surface area contributed by atoms with E-state index in [4.69, 9.17) is 5.73 Å². The van der Waals surface area contributed by atoms with Crippen molar-refractivity contribution in [3.63, 3.8) is 0 Å². The molecule has 2 N–H and O–H groups in total. The number of thioether (sulfide) groups is 1. The molecule has 0 aliphatic rings. The third kappa shape index (κ3) is 2.84. The lowest BCUT2D eigenvalue weighted by atomic mass is 10.3. The van der Waals surface area contributed by atoms with Gasteiger partial charge in [0.25, 0.3) is 0 Å². The van der Waals surface area contributed by atoms with Crippen molar-refractivity contribution in [1.82, 2.24) is 4.98 Å². The van der Waals surface area contributed by atoms with Gasteiger partial charge >= 0.3 is 0 Å². The molecule has 1 aromatic heterocycles. The molecule has 3 heteroatoms. The molecule has 2 aromatic rings. The molecule has 0 fully saturated rings. The van der Waals surface area contributed by atoms with Gasteiger partial charge in [0.15, 0.2) is 0 Å². The van der Waals surface area contributed by atoms with Gasteiger partial charge < -0.3 is 5.73 Å². The van der Waals surface area contributed by atoms with Gasteiger partial charge in [0, 0.05) is 17.6 Å². The van der Waals surface area contributed by atoms with Crippen LogP contribution in [0.1, 0.15) is 10.9 Å². The summed E-state index contributed by atoms with van der Waals surface area (Å²) in [6.45, 7) is 0.594. The van der Waals surface area contributed by atoms with Crippen molar-refractivity contribution in [1.29, 1.82) is 0 Å². The van der Waals surface area contributed by atoms with Crippen molar-refractivity contribution < 1.29 is 0 Å². The molecule has 0 saturated carbocycles. The van der Waals surface area contributed by atoms with E-state index in [1.165, 1.54) is 4.90 Å². The van der Waals surface area contributed by atoms with Gasteiger partial charge in [-0.15, -0.1) is 11.8 Å². The zero-order valence-electron chi connectivity index (χ0n) is 8.91. The highest BCUT2D eigenvalue weighted by Gasteiger charge is 2.11. The number of nitrogens with zero attached hydrogens (tertiary/aromatic N) is 1. The minimum atomic E-state index is 0.226. The zero-order chi connectivity index (χ0) is 11.2. The molecule has 0 aliphatic heterocycles. The summed E-state index contributed by atoms with van der Waals surface area (Å²) >= 11 is 1.75. The summed E-state index contributed by atoms with van der Waals surface area (Å²) in [7, 11) is 0. The van der Waals surface area contributed by atoms with E-state index in [0.717, 1.165) is 5.69 Å². The van der Waals surface area contributed by atoms with Crippen LogP contribution in [0.4, 0.5) is 0 Å². The van der Waals surface area contributed by atoms with Crippen LogP contribution in [0.15, 0.2) is 59.6 Å². The Bertz CT molecular complexity index is 416. The third-order valence-corrected chi connectivity index (χ3v) is 3.52. The van der Waals surface area contributed by atoms with Crippen molar-refractivity contribution in [2.45, 2.75) is 10.1 Å². The molecule has 0 amide bonds. The van der Waals surface area contributed by atoms with Gasteiger partial charge in [-0.2, -0.15) is 0 Å². The van der Waals surface area contributed by atoms with E-state index in [2.05, 4.69) is 17.1 Å². The van der Waals surface area contributed by atoms with Gasteiger partial charge in [0.1, 0.15) is 0 Å². The van der Waals surface area contributed by atoms with Crippen molar-refractivity contribution in [3.8, 4) is 0 Å². The maximum atomic E-state index is 5.79. The maximum Gasteiger partial charge on any atom is 0.0639 e. The normalized spacial score (nSPS) is 12.3. The van der Waals surface area contributed by atoms with E-state index in [-0.39, 0.29) is 5.25 Å². The first-order chi connectivity index (χ1) is 7.90. The molecule has 1 unspecified atom stereocenters. The Hall–Kier alpha value is -1.32. The standard InChI is InChI=1S/C13H14N2S/c14-10-13(12-8-4-5-9-15-12)16-11-6-2-1-3-7-11/h1-9,13H,10,14H2. The number of hydrogen-bond acceptors (Lipinski definition) is 3. The largest absolute Gasteiger partial charge is 0.329 e. The van der Waals surface area contributed by atoms with Gasteiger partial charge in [-0.05, 0) is 24.3 Å². The Labute approximate surface area is 99.9 Å². The van der Waals surface area contributed by atoms with E-state index in [1.807, 2.05) is 42.6 Å². The van der Waals surface area contributed by atoms with Crippen LogP contribution in [-0.2, 0) is 0 Å². The Kier molecular flexibility index (Phi) is 3.97. The van der Waals surface area contributed by atoms with Gasteiger partial charge in [0.05, 0.1) is 10.9 Å². The van der Waals surface area contributed by atoms with Gasteiger partial charge in [-0.3, -0.25) is 4.98 Å². The summed E-state index contributed by atoms with van der Waals surface area (Å²) in [5, 5.41) is 0.226. The first kappa shape index (κ1) is 11.2. The summed E-state index contributed by atoms with van der Waals surface area (Å²) in [6, 6.07) is 16.2. The minimum Gasteiger partial charge on any atom is -0.329 e. The third-order valence-electron chi connectivity index (χ3n) is 2.25. The maximum absolute atomic E-state index is 5.79. The van der Waals surface area contributed by atoms with Crippen LogP contribution in [-0.4, -0.2) is 11.5 Å². The van der Waals surface area contributed by atoms with Crippen LogP contribution in [0.25, 0.3) is 0 Å². The molecule has 82 valence electrons. The lowest BCUT2D eigenvalue weighted by molar-refractivity contribution is 0.898. The number of rotatable bonds is 4. The fourth-order valence-electron chi connectivity index (χ4n) is 1.46. The smallest absolute Gasteiger partial charge is 0.0639 e. The number of pyridine rings is 1. The fraction of sp³-hybridized carbons (Fsp3) is 0.154. The number of benzene rings is 1. The summed E-state index contributed by atoms with van der Waals surface area (Å²) in [4.78, 5) is 5.57. The van der Waals surface area contributed by atoms with Crippen LogP contribution in [0, 0.1) is 0 Å². The molecule has 1 heterocycles. The highest BCUT2D eigenvalue weighted by Crippen LogP contribution is 2.32. The molecule has 2 rings (SSSR count). The molecular formula is C13H14N2S. The van der Waals surface area contributed by atoms with E-state index in [9.17, 15) is 0 Å². The molecule has 0 bridgehead atoms. The quantitative estimate of drug-likeness (QED) is 0.821. The average Bonchev–Trinajstić information content (AvgIpc) is 2.38. The van der Waals surface area contributed by atoms with E-state index in [0.29, 0.717) is 6.54 Å². The molecule has 16 heavy (non-hydrogen) atoms. The van der Waals surface area contributed by atoms with Crippen LogP contribution >= 0.6 is 11.8 Å². The van der Waals surface area contributed by atoms with Gasteiger partial charge in [-0.1, -0.05) is 24.3 Å². The van der Waals surface area contributed by atoms with E-state index >= 15 is 0 Å². The van der Waals surface area contributed by atoms with E-state index < -0.39 is 0 Å². The lowest BCUT2D eigenvalue weighted by Gasteiger charge is -2.13. The second-order valence-corrected chi connectivity index (χ2v) is 4.69. The topological polar surface area (TPSA) is 38.9 Å². The van der Waals surface area contributed by atoms with Crippen molar-refractivity contribution in [2.75, 3.05) is 6.54 Å².